The Morgan fingerprint density at radius 2 is 1.76 bits per heavy atom. The number of guanidine groups is 1. The van der Waals surface area contributed by atoms with Crippen molar-refractivity contribution in [2.75, 3.05) is 46.8 Å². The highest BCUT2D eigenvalue weighted by molar-refractivity contribution is 7.11. The Labute approximate surface area is 179 Å². The summed E-state index contributed by atoms with van der Waals surface area (Å²) < 4.78 is 0. The van der Waals surface area contributed by atoms with Crippen molar-refractivity contribution < 1.29 is 0 Å². The fourth-order valence-electron chi connectivity index (χ4n) is 3.37. The van der Waals surface area contributed by atoms with Crippen LogP contribution >= 0.6 is 11.3 Å². The van der Waals surface area contributed by atoms with E-state index in [0.29, 0.717) is 0 Å². The zero-order valence-corrected chi connectivity index (χ0v) is 19.0. The highest BCUT2D eigenvalue weighted by Gasteiger charge is 2.13. The largest absolute Gasteiger partial charge is 0.356 e. The second kappa shape index (κ2) is 10.7. The predicted octanol–water partition coefficient (Wildman–Crippen LogP) is 2.42. The third kappa shape index (κ3) is 6.80. The van der Waals surface area contributed by atoms with Gasteiger partial charge in [0, 0.05) is 64.2 Å². The molecule has 0 aliphatic carbocycles. The van der Waals surface area contributed by atoms with Gasteiger partial charge in [-0.25, -0.2) is 4.98 Å². The molecule has 7 heteroatoms. The number of piperazine rings is 1. The molecule has 29 heavy (non-hydrogen) atoms. The Morgan fingerprint density at radius 3 is 2.38 bits per heavy atom. The van der Waals surface area contributed by atoms with Crippen molar-refractivity contribution in [2.24, 2.45) is 4.99 Å². The van der Waals surface area contributed by atoms with Crippen molar-refractivity contribution in [1.82, 2.24) is 25.4 Å². The van der Waals surface area contributed by atoms with Crippen LogP contribution in [-0.4, -0.2) is 67.6 Å². The summed E-state index contributed by atoms with van der Waals surface area (Å²) >= 11 is 1.78. The number of hydrogen-bond donors (Lipinski definition) is 2. The molecule has 1 saturated heterocycles. The molecule has 158 valence electrons. The van der Waals surface area contributed by atoms with Gasteiger partial charge in [-0.3, -0.25) is 9.89 Å². The molecule has 2 heterocycles. The standard InChI is InChI=1S/C22H34N6S/c1-17-18(2)29-21(26-17)9-10-24-22(23-3)25-15-19-5-7-20(8-6-19)16-28-13-11-27(4)12-14-28/h5-8H,9-16H2,1-4H3,(H2,23,24,25). The summed E-state index contributed by atoms with van der Waals surface area (Å²) in [6.45, 7) is 11.5. The van der Waals surface area contributed by atoms with Crippen LogP contribution in [0.3, 0.4) is 0 Å². The van der Waals surface area contributed by atoms with Gasteiger partial charge in [0.2, 0.25) is 0 Å². The molecule has 2 N–H and O–H groups in total. The first-order valence-electron chi connectivity index (χ1n) is 10.4. The van der Waals surface area contributed by atoms with Gasteiger partial charge in [0.05, 0.1) is 10.7 Å². The van der Waals surface area contributed by atoms with Gasteiger partial charge >= 0.3 is 0 Å². The van der Waals surface area contributed by atoms with Crippen molar-refractivity contribution in [3.8, 4) is 0 Å². The molecule has 2 aromatic rings. The molecule has 0 radical (unpaired) electrons. The normalized spacial score (nSPS) is 16.2. The van der Waals surface area contributed by atoms with Crippen LogP contribution in [0.5, 0.6) is 0 Å². The van der Waals surface area contributed by atoms with Gasteiger partial charge in [-0.05, 0) is 32.0 Å². The maximum atomic E-state index is 4.59. The quantitative estimate of drug-likeness (QED) is 0.538. The maximum absolute atomic E-state index is 4.59. The van der Waals surface area contributed by atoms with Crippen molar-refractivity contribution in [1.29, 1.82) is 0 Å². The lowest BCUT2D eigenvalue weighted by Crippen LogP contribution is -2.43. The Bertz CT molecular complexity index is 771. The zero-order valence-electron chi connectivity index (χ0n) is 18.2. The fourth-order valence-corrected chi connectivity index (χ4v) is 4.30. The molecule has 1 aromatic carbocycles. The molecule has 0 spiro atoms. The third-order valence-electron chi connectivity index (χ3n) is 5.41. The number of aryl methyl sites for hydroxylation is 2. The summed E-state index contributed by atoms with van der Waals surface area (Å²) in [7, 11) is 4.01. The van der Waals surface area contributed by atoms with Gasteiger partial charge in [0.25, 0.3) is 0 Å². The number of aliphatic imine (C=N–C) groups is 1. The van der Waals surface area contributed by atoms with Crippen LogP contribution in [0.2, 0.25) is 0 Å². The molecule has 1 fully saturated rings. The highest BCUT2D eigenvalue weighted by Crippen LogP contribution is 2.16. The Morgan fingerprint density at radius 1 is 1.07 bits per heavy atom. The van der Waals surface area contributed by atoms with E-state index in [-0.39, 0.29) is 0 Å². The summed E-state index contributed by atoms with van der Waals surface area (Å²) in [6, 6.07) is 8.93. The highest BCUT2D eigenvalue weighted by atomic mass is 32.1. The Hall–Kier alpha value is -1.96. The summed E-state index contributed by atoms with van der Waals surface area (Å²) in [4.78, 5) is 15.1. The van der Waals surface area contributed by atoms with Crippen LogP contribution in [0.1, 0.15) is 26.7 Å². The first-order valence-corrected chi connectivity index (χ1v) is 11.2. The monoisotopic (exact) mass is 414 g/mol. The van der Waals surface area contributed by atoms with Gasteiger partial charge in [0.1, 0.15) is 0 Å². The van der Waals surface area contributed by atoms with Crippen LogP contribution in [0.15, 0.2) is 29.3 Å². The number of thiazole rings is 1. The zero-order chi connectivity index (χ0) is 20.6. The lowest BCUT2D eigenvalue weighted by molar-refractivity contribution is 0.148. The summed E-state index contributed by atoms with van der Waals surface area (Å²) in [6.07, 6.45) is 0.918. The number of nitrogens with one attached hydrogen (secondary N) is 2. The van der Waals surface area contributed by atoms with Crippen molar-refractivity contribution >= 4 is 17.3 Å². The van der Waals surface area contributed by atoms with Gasteiger partial charge in [-0.2, -0.15) is 0 Å². The number of hydrogen-bond acceptors (Lipinski definition) is 5. The number of likely N-dealkylation sites (N-methyl/N-ethyl adjacent to an activating group) is 1. The van der Waals surface area contributed by atoms with E-state index in [0.717, 1.165) is 63.9 Å². The molecule has 0 saturated carbocycles. The average Bonchev–Trinajstić information content (AvgIpc) is 3.04. The lowest BCUT2D eigenvalue weighted by atomic mass is 10.1. The number of nitrogens with zero attached hydrogens (tertiary/aromatic N) is 4. The second-order valence-corrected chi connectivity index (χ2v) is 9.04. The summed E-state index contributed by atoms with van der Waals surface area (Å²) in [5.41, 5.74) is 3.79. The minimum absolute atomic E-state index is 0.768. The molecular weight excluding hydrogens is 380 g/mol. The maximum Gasteiger partial charge on any atom is 0.191 e. The fraction of sp³-hybridized carbons (Fsp3) is 0.545. The van der Waals surface area contributed by atoms with E-state index in [1.165, 1.54) is 21.0 Å². The molecule has 0 unspecified atom stereocenters. The summed E-state index contributed by atoms with van der Waals surface area (Å²) in [5.74, 6) is 0.830. The van der Waals surface area contributed by atoms with E-state index in [2.05, 4.69) is 75.6 Å². The number of benzene rings is 1. The van der Waals surface area contributed by atoms with Crippen molar-refractivity contribution in [2.45, 2.75) is 33.4 Å². The molecule has 0 bridgehead atoms. The third-order valence-corrected chi connectivity index (χ3v) is 6.55. The van der Waals surface area contributed by atoms with Crippen molar-refractivity contribution in [3.63, 3.8) is 0 Å². The van der Waals surface area contributed by atoms with Gasteiger partial charge in [-0.1, -0.05) is 24.3 Å². The van der Waals surface area contributed by atoms with Crippen LogP contribution < -0.4 is 10.6 Å². The van der Waals surface area contributed by atoms with E-state index < -0.39 is 0 Å². The van der Waals surface area contributed by atoms with Crippen LogP contribution in [0.4, 0.5) is 0 Å². The lowest BCUT2D eigenvalue weighted by Gasteiger charge is -2.32. The van der Waals surface area contributed by atoms with E-state index >= 15 is 0 Å². The smallest absolute Gasteiger partial charge is 0.191 e. The molecule has 1 aromatic heterocycles. The van der Waals surface area contributed by atoms with E-state index in [9.17, 15) is 0 Å². The number of aromatic nitrogens is 1. The molecule has 0 atom stereocenters. The number of rotatable bonds is 7. The molecule has 1 aliphatic heterocycles. The first kappa shape index (κ1) is 21.7. The molecular formula is C22H34N6S. The van der Waals surface area contributed by atoms with Crippen LogP contribution in [-0.2, 0) is 19.5 Å². The molecule has 6 nitrogen and oxygen atoms in total. The first-order chi connectivity index (χ1) is 14.0. The minimum Gasteiger partial charge on any atom is -0.356 e. The Balaban J connectivity index is 1.39. The molecule has 3 rings (SSSR count). The minimum atomic E-state index is 0.768. The average molecular weight is 415 g/mol. The predicted molar refractivity (Wildman–Crippen MR) is 123 cm³/mol. The van der Waals surface area contributed by atoms with Gasteiger partial charge < -0.3 is 15.5 Å². The van der Waals surface area contributed by atoms with Crippen molar-refractivity contribution in [3.05, 3.63) is 51.0 Å². The Kier molecular flexibility index (Phi) is 8.03. The SMILES string of the molecule is CN=C(NCCc1nc(C)c(C)s1)NCc1ccc(CN2CCN(C)CC2)cc1. The molecule has 1 aliphatic rings. The van der Waals surface area contributed by atoms with E-state index in [1.807, 2.05) is 7.05 Å². The van der Waals surface area contributed by atoms with E-state index in [4.69, 9.17) is 0 Å². The van der Waals surface area contributed by atoms with Gasteiger partial charge in [0.15, 0.2) is 5.96 Å². The van der Waals surface area contributed by atoms with Crippen LogP contribution in [0.25, 0.3) is 0 Å². The van der Waals surface area contributed by atoms with Crippen LogP contribution in [0, 0.1) is 13.8 Å². The molecule has 0 amide bonds. The summed E-state index contributed by atoms with van der Waals surface area (Å²) in [5, 5.41) is 7.96. The topological polar surface area (TPSA) is 55.8 Å². The van der Waals surface area contributed by atoms with Gasteiger partial charge in [-0.15, -0.1) is 11.3 Å². The second-order valence-electron chi connectivity index (χ2n) is 7.75. The van der Waals surface area contributed by atoms with E-state index in [1.54, 1.807) is 11.3 Å².